The minimum atomic E-state index is -1.51. The summed E-state index contributed by atoms with van der Waals surface area (Å²) in [7, 11) is 0.327. The van der Waals surface area contributed by atoms with Crippen LogP contribution >= 0.6 is 0 Å². The molecule has 1 N–H and O–H groups in total. The smallest absolute Gasteiger partial charge is 0.139 e. The average molecular weight is 287 g/mol. The van der Waals surface area contributed by atoms with Gasteiger partial charge in [-0.1, -0.05) is 12.8 Å². The van der Waals surface area contributed by atoms with E-state index in [4.69, 9.17) is 0 Å². The van der Waals surface area contributed by atoms with Gasteiger partial charge in [-0.15, -0.1) is 0 Å². The van der Waals surface area contributed by atoms with Crippen LogP contribution in [-0.4, -0.2) is 23.1 Å². The van der Waals surface area contributed by atoms with Gasteiger partial charge in [0.25, 0.3) is 0 Å². The Bertz CT molecular complexity index is 461. The van der Waals surface area contributed by atoms with Crippen LogP contribution in [0.2, 0.25) is 0 Å². The van der Waals surface area contributed by atoms with Crippen molar-refractivity contribution in [3.05, 3.63) is 29.8 Å². The summed E-state index contributed by atoms with van der Waals surface area (Å²) in [5, 5.41) is 3.17. The first-order chi connectivity index (χ1) is 9.11. The summed E-state index contributed by atoms with van der Waals surface area (Å²) < 4.78 is 38.9. The predicted molar refractivity (Wildman–Crippen MR) is 72.4 cm³/mol. The second-order valence-electron chi connectivity index (χ2n) is 5.03. The molecule has 1 aliphatic carbocycles. The first-order valence-corrected chi connectivity index (χ1v) is 7.94. The Labute approximate surface area is 115 Å². The summed E-state index contributed by atoms with van der Waals surface area (Å²) in [6.07, 6.45) is 4.64. The summed E-state index contributed by atoms with van der Waals surface area (Å²) >= 11 is 0. The van der Waals surface area contributed by atoms with Crippen LogP contribution in [0.3, 0.4) is 0 Å². The lowest BCUT2D eigenvalue weighted by Crippen LogP contribution is -2.37. The second kappa shape index (κ2) is 6.57. The van der Waals surface area contributed by atoms with Crippen molar-refractivity contribution < 1.29 is 13.0 Å². The monoisotopic (exact) mass is 287 g/mol. The molecular formula is C14H19F2NOS. The molecule has 0 saturated heterocycles. The van der Waals surface area contributed by atoms with Crippen LogP contribution in [0.5, 0.6) is 0 Å². The number of halogens is 2. The minimum absolute atomic E-state index is 0.0294. The predicted octanol–water partition coefficient (Wildman–Crippen LogP) is 2.85. The van der Waals surface area contributed by atoms with Crippen molar-refractivity contribution in [2.45, 2.75) is 36.6 Å². The number of rotatable bonds is 5. The minimum Gasteiger partial charge on any atom is -0.316 e. The van der Waals surface area contributed by atoms with Gasteiger partial charge in [0.05, 0.1) is 15.7 Å². The van der Waals surface area contributed by atoms with Crippen LogP contribution < -0.4 is 5.32 Å². The average Bonchev–Trinajstić information content (AvgIpc) is 2.92. The summed E-state index contributed by atoms with van der Waals surface area (Å²) in [5.74, 6) is -0.320. The van der Waals surface area contributed by atoms with Crippen LogP contribution in [0.1, 0.15) is 25.7 Å². The van der Waals surface area contributed by atoms with E-state index in [0.717, 1.165) is 31.0 Å². The summed E-state index contributed by atoms with van der Waals surface area (Å²) in [6, 6.07) is 3.22. The first-order valence-electron chi connectivity index (χ1n) is 6.62. The van der Waals surface area contributed by atoms with Gasteiger partial charge in [-0.2, -0.15) is 0 Å². The van der Waals surface area contributed by atoms with Crippen LogP contribution in [0.4, 0.5) is 8.78 Å². The normalized spacial score (nSPS) is 19.5. The van der Waals surface area contributed by atoms with E-state index in [1.54, 1.807) is 0 Å². The molecule has 1 aliphatic rings. The van der Waals surface area contributed by atoms with Gasteiger partial charge in [0.1, 0.15) is 11.6 Å². The van der Waals surface area contributed by atoms with E-state index in [1.165, 1.54) is 12.8 Å². The van der Waals surface area contributed by atoms with E-state index < -0.39 is 22.4 Å². The topological polar surface area (TPSA) is 29.1 Å². The Hall–Kier alpha value is -0.810. The van der Waals surface area contributed by atoms with E-state index in [-0.39, 0.29) is 10.9 Å². The van der Waals surface area contributed by atoms with Crippen molar-refractivity contribution in [3.8, 4) is 0 Å². The first kappa shape index (κ1) is 14.6. The van der Waals surface area contributed by atoms with E-state index in [2.05, 4.69) is 5.32 Å². The zero-order valence-corrected chi connectivity index (χ0v) is 11.8. The molecule has 0 amide bonds. The Kier molecular flexibility index (Phi) is 5.05. The van der Waals surface area contributed by atoms with Crippen molar-refractivity contribution >= 4 is 10.8 Å². The summed E-state index contributed by atoms with van der Waals surface area (Å²) in [6.45, 7) is 0. The third-order valence-electron chi connectivity index (χ3n) is 3.81. The van der Waals surface area contributed by atoms with Gasteiger partial charge in [-0.05, 0) is 44.0 Å². The van der Waals surface area contributed by atoms with Crippen LogP contribution in [0.25, 0.3) is 0 Å². The van der Waals surface area contributed by atoms with Gasteiger partial charge in [0.15, 0.2) is 0 Å². The van der Waals surface area contributed by atoms with E-state index in [1.807, 2.05) is 7.05 Å². The highest BCUT2D eigenvalue weighted by atomic mass is 32.2. The van der Waals surface area contributed by atoms with Crippen molar-refractivity contribution in [2.24, 2.45) is 5.92 Å². The number of hydrogen-bond donors (Lipinski definition) is 1. The number of hydrogen-bond acceptors (Lipinski definition) is 2. The zero-order valence-electron chi connectivity index (χ0n) is 11.0. The third kappa shape index (κ3) is 3.60. The standard InChI is InChI=1S/C14H19F2NOS/c1-17-13(10-4-2-3-5-10)9-19(18)14-8-11(15)6-7-12(14)16/h6-8,10,13,17H,2-5,9H2,1H3. The van der Waals surface area contributed by atoms with Gasteiger partial charge in [-0.25, -0.2) is 8.78 Å². The van der Waals surface area contributed by atoms with Crippen molar-refractivity contribution in [1.29, 1.82) is 0 Å². The Morgan fingerprint density at radius 1 is 1.37 bits per heavy atom. The van der Waals surface area contributed by atoms with E-state index in [0.29, 0.717) is 11.7 Å². The molecule has 0 spiro atoms. The maximum absolute atomic E-state index is 13.6. The highest BCUT2D eigenvalue weighted by Crippen LogP contribution is 2.28. The van der Waals surface area contributed by atoms with Crippen molar-refractivity contribution in [3.63, 3.8) is 0 Å². The SMILES string of the molecule is CNC(CS(=O)c1cc(F)ccc1F)C1CCCC1. The maximum Gasteiger partial charge on any atom is 0.139 e. The van der Waals surface area contributed by atoms with Crippen LogP contribution in [0.15, 0.2) is 23.1 Å². The fourth-order valence-corrected chi connectivity index (χ4v) is 4.19. The number of nitrogens with one attached hydrogen (secondary N) is 1. The molecule has 2 atom stereocenters. The van der Waals surface area contributed by atoms with Gasteiger partial charge < -0.3 is 5.32 Å². The molecule has 0 bridgehead atoms. The van der Waals surface area contributed by atoms with Crippen LogP contribution in [-0.2, 0) is 10.8 Å². The molecule has 2 rings (SSSR count). The fourth-order valence-electron chi connectivity index (χ4n) is 2.72. The molecule has 1 saturated carbocycles. The lowest BCUT2D eigenvalue weighted by atomic mass is 10.0. The largest absolute Gasteiger partial charge is 0.316 e. The summed E-state index contributed by atoms with van der Waals surface area (Å²) in [5.41, 5.74) is 0. The Balaban J connectivity index is 2.08. The molecule has 1 aromatic carbocycles. The molecule has 19 heavy (non-hydrogen) atoms. The third-order valence-corrected chi connectivity index (χ3v) is 5.27. The highest BCUT2D eigenvalue weighted by molar-refractivity contribution is 7.85. The molecule has 106 valence electrons. The van der Waals surface area contributed by atoms with Crippen LogP contribution in [0, 0.1) is 17.6 Å². The van der Waals surface area contributed by atoms with Gasteiger partial charge in [0.2, 0.25) is 0 Å². The van der Waals surface area contributed by atoms with E-state index in [9.17, 15) is 13.0 Å². The molecule has 1 fully saturated rings. The molecule has 5 heteroatoms. The summed E-state index contributed by atoms with van der Waals surface area (Å²) in [4.78, 5) is -0.0294. The lowest BCUT2D eigenvalue weighted by Gasteiger charge is -2.22. The van der Waals surface area contributed by atoms with Crippen molar-refractivity contribution in [2.75, 3.05) is 12.8 Å². The molecule has 0 heterocycles. The Morgan fingerprint density at radius 3 is 2.68 bits per heavy atom. The number of benzene rings is 1. The fraction of sp³-hybridized carbons (Fsp3) is 0.571. The molecule has 0 aliphatic heterocycles. The molecule has 0 aromatic heterocycles. The molecule has 1 aromatic rings. The highest BCUT2D eigenvalue weighted by Gasteiger charge is 2.26. The molecular weight excluding hydrogens is 268 g/mol. The zero-order chi connectivity index (χ0) is 13.8. The maximum atomic E-state index is 13.6. The quantitative estimate of drug-likeness (QED) is 0.902. The molecule has 2 unspecified atom stereocenters. The molecule has 0 radical (unpaired) electrons. The van der Waals surface area contributed by atoms with E-state index >= 15 is 0 Å². The van der Waals surface area contributed by atoms with Gasteiger partial charge in [-0.3, -0.25) is 4.21 Å². The van der Waals surface area contributed by atoms with Gasteiger partial charge >= 0.3 is 0 Å². The van der Waals surface area contributed by atoms with Gasteiger partial charge in [0, 0.05) is 11.8 Å². The molecule has 2 nitrogen and oxygen atoms in total. The lowest BCUT2D eigenvalue weighted by molar-refractivity contribution is 0.407. The van der Waals surface area contributed by atoms with Crippen molar-refractivity contribution in [1.82, 2.24) is 5.32 Å². The second-order valence-corrected chi connectivity index (χ2v) is 6.49. The Morgan fingerprint density at radius 2 is 2.05 bits per heavy atom.